The summed E-state index contributed by atoms with van der Waals surface area (Å²) in [6.07, 6.45) is 4.16. The summed E-state index contributed by atoms with van der Waals surface area (Å²) in [5.74, 6) is -0.185. The van der Waals surface area contributed by atoms with Crippen molar-refractivity contribution in [2.24, 2.45) is 5.92 Å². The largest absolute Gasteiger partial charge is 0.381 e. The quantitative estimate of drug-likeness (QED) is 0.760. The Hall–Kier alpha value is -1.46. The van der Waals surface area contributed by atoms with Gasteiger partial charge in [-0.3, -0.25) is 14.6 Å². The molecule has 0 unspecified atom stereocenters. The van der Waals surface area contributed by atoms with Crippen LogP contribution in [0.5, 0.6) is 0 Å². The molecule has 0 aliphatic carbocycles. The van der Waals surface area contributed by atoms with E-state index in [2.05, 4.69) is 10.5 Å². The number of carbonyl (C=O) groups is 1. The van der Waals surface area contributed by atoms with Gasteiger partial charge in [-0.25, -0.2) is 5.48 Å². The second-order valence-electron chi connectivity index (χ2n) is 3.68. The summed E-state index contributed by atoms with van der Waals surface area (Å²) >= 11 is 0. The van der Waals surface area contributed by atoms with Gasteiger partial charge in [0, 0.05) is 19.0 Å². The highest BCUT2D eigenvalue weighted by molar-refractivity contribution is 5.77. The van der Waals surface area contributed by atoms with E-state index in [0.717, 1.165) is 12.0 Å². The van der Waals surface area contributed by atoms with Crippen LogP contribution in [-0.4, -0.2) is 24.1 Å². The lowest BCUT2D eigenvalue weighted by molar-refractivity contribution is -0.138. The molecule has 2 rings (SSSR count). The highest BCUT2D eigenvalue weighted by atomic mass is 16.7. The number of pyridine rings is 1. The van der Waals surface area contributed by atoms with Gasteiger partial charge >= 0.3 is 0 Å². The minimum absolute atomic E-state index is 0.0751. The third-order valence-electron chi connectivity index (χ3n) is 2.43. The van der Waals surface area contributed by atoms with Gasteiger partial charge in [-0.05, 0) is 18.1 Å². The van der Waals surface area contributed by atoms with E-state index in [-0.39, 0.29) is 11.8 Å². The van der Waals surface area contributed by atoms with Crippen LogP contribution in [0.15, 0.2) is 24.5 Å². The maximum atomic E-state index is 11.5. The number of hydrogen-bond donors (Lipinski definition) is 1. The fourth-order valence-corrected chi connectivity index (χ4v) is 1.50. The van der Waals surface area contributed by atoms with Crippen molar-refractivity contribution >= 4 is 5.91 Å². The Bertz CT molecular complexity index is 336. The number of hydrogen-bond acceptors (Lipinski definition) is 4. The third-order valence-corrected chi connectivity index (χ3v) is 2.43. The van der Waals surface area contributed by atoms with Crippen molar-refractivity contribution in [1.29, 1.82) is 0 Å². The summed E-state index contributed by atoms with van der Waals surface area (Å²) < 4.78 is 5.12. The number of nitrogens with zero attached hydrogens (tertiary/aromatic N) is 1. The summed E-state index contributed by atoms with van der Waals surface area (Å²) in [6.45, 7) is 1.47. The molecule has 16 heavy (non-hydrogen) atoms. The molecule has 1 aromatic heterocycles. The van der Waals surface area contributed by atoms with Gasteiger partial charge in [0.25, 0.3) is 0 Å². The molecule has 1 N–H and O–H groups in total. The average molecular weight is 222 g/mol. The number of rotatable bonds is 4. The zero-order valence-corrected chi connectivity index (χ0v) is 8.89. The molecule has 2 heterocycles. The number of hydroxylamine groups is 1. The van der Waals surface area contributed by atoms with E-state index in [1.807, 2.05) is 12.1 Å². The number of aromatic nitrogens is 1. The van der Waals surface area contributed by atoms with E-state index in [4.69, 9.17) is 9.57 Å². The zero-order valence-electron chi connectivity index (χ0n) is 8.89. The smallest absolute Gasteiger partial charge is 0.249 e. The van der Waals surface area contributed by atoms with Crippen LogP contribution in [0.2, 0.25) is 0 Å². The lowest BCUT2D eigenvalue weighted by Crippen LogP contribution is -2.30. The molecule has 0 spiro atoms. The number of ether oxygens (including phenoxy) is 1. The van der Waals surface area contributed by atoms with Crippen LogP contribution in [0.1, 0.15) is 12.0 Å². The molecular formula is C11H14N2O3. The summed E-state index contributed by atoms with van der Waals surface area (Å²) in [5.41, 5.74) is 3.35. The third kappa shape index (κ3) is 3.01. The van der Waals surface area contributed by atoms with E-state index in [1.165, 1.54) is 0 Å². The molecular weight excluding hydrogens is 208 g/mol. The lowest BCUT2D eigenvalue weighted by atomic mass is 10.1. The van der Waals surface area contributed by atoms with Gasteiger partial charge in [-0.2, -0.15) is 0 Å². The summed E-state index contributed by atoms with van der Waals surface area (Å²) in [4.78, 5) is 20.5. The SMILES string of the molecule is O=C(NOCc1cccnc1)[C@@H]1CCOC1. The van der Waals surface area contributed by atoms with Crippen molar-refractivity contribution in [2.45, 2.75) is 13.0 Å². The Balaban J connectivity index is 1.70. The van der Waals surface area contributed by atoms with Crippen molar-refractivity contribution in [3.05, 3.63) is 30.1 Å². The Morgan fingerprint density at radius 2 is 2.62 bits per heavy atom. The molecule has 5 heteroatoms. The molecule has 0 radical (unpaired) electrons. The Morgan fingerprint density at radius 1 is 1.69 bits per heavy atom. The van der Waals surface area contributed by atoms with Crippen LogP contribution < -0.4 is 5.48 Å². The first-order valence-corrected chi connectivity index (χ1v) is 5.24. The van der Waals surface area contributed by atoms with Gasteiger partial charge in [-0.15, -0.1) is 0 Å². The minimum atomic E-state index is -0.110. The number of amides is 1. The van der Waals surface area contributed by atoms with Gasteiger partial charge in [0.05, 0.1) is 12.5 Å². The van der Waals surface area contributed by atoms with E-state index >= 15 is 0 Å². The maximum Gasteiger partial charge on any atom is 0.249 e. The lowest BCUT2D eigenvalue weighted by Gasteiger charge is -2.08. The molecule has 1 amide bonds. The molecule has 0 aromatic carbocycles. The molecule has 1 aromatic rings. The van der Waals surface area contributed by atoms with Crippen LogP contribution >= 0.6 is 0 Å². The Labute approximate surface area is 93.7 Å². The highest BCUT2D eigenvalue weighted by Crippen LogP contribution is 2.11. The monoisotopic (exact) mass is 222 g/mol. The first kappa shape index (κ1) is 11.0. The molecule has 1 aliphatic rings. The molecule has 1 saturated heterocycles. The van der Waals surface area contributed by atoms with Gasteiger partial charge in [0.15, 0.2) is 0 Å². The average Bonchev–Trinajstić information content (AvgIpc) is 2.84. The van der Waals surface area contributed by atoms with E-state index in [1.54, 1.807) is 12.4 Å². The summed E-state index contributed by atoms with van der Waals surface area (Å²) in [7, 11) is 0. The van der Waals surface area contributed by atoms with Crippen molar-refractivity contribution in [3.63, 3.8) is 0 Å². The number of nitrogens with one attached hydrogen (secondary N) is 1. The van der Waals surface area contributed by atoms with Crippen LogP contribution in [0, 0.1) is 5.92 Å². The van der Waals surface area contributed by atoms with E-state index < -0.39 is 0 Å². The highest BCUT2D eigenvalue weighted by Gasteiger charge is 2.23. The molecule has 5 nitrogen and oxygen atoms in total. The fourth-order valence-electron chi connectivity index (χ4n) is 1.50. The predicted octanol–water partition coefficient (Wildman–Crippen LogP) is 0.666. The van der Waals surface area contributed by atoms with Crippen LogP contribution in [-0.2, 0) is 21.0 Å². The predicted molar refractivity (Wildman–Crippen MR) is 56.1 cm³/mol. The zero-order chi connectivity index (χ0) is 11.2. The van der Waals surface area contributed by atoms with Crippen molar-refractivity contribution in [2.75, 3.05) is 13.2 Å². The van der Waals surface area contributed by atoms with Gasteiger partial charge in [-0.1, -0.05) is 6.07 Å². The summed E-state index contributed by atoms with van der Waals surface area (Å²) in [6, 6.07) is 3.71. The first-order valence-electron chi connectivity index (χ1n) is 5.24. The van der Waals surface area contributed by atoms with Crippen LogP contribution in [0.25, 0.3) is 0 Å². The van der Waals surface area contributed by atoms with Crippen LogP contribution in [0.3, 0.4) is 0 Å². The van der Waals surface area contributed by atoms with Gasteiger partial charge < -0.3 is 4.74 Å². The normalized spacial score (nSPS) is 19.6. The standard InChI is InChI=1S/C11H14N2O3/c14-11(10-3-5-15-8-10)13-16-7-9-2-1-4-12-6-9/h1-2,4,6,10H,3,5,7-8H2,(H,13,14)/t10-/m1/s1. The van der Waals surface area contributed by atoms with Gasteiger partial charge in [0.2, 0.25) is 5.91 Å². The second-order valence-corrected chi connectivity index (χ2v) is 3.68. The molecule has 1 atom stereocenters. The summed E-state index contributed by atoms with van der Waals surface area (Å²) in [5, 5.41) is 0. The Morgan fingerprint density at radius 3 is 3.31 bits per heavy atom. The van der Waals surface area contributed by atoms with Gasteiger partial charge in [0.1, 0.15) is 6.61 Å². The fraction of sp³-hybridized carbons (Fsp3) is 0.455. The van der Waals surface area contributed by atoms with Crippen molar-refractivity contribution in [3.8, 4) is 0 Å². The molecule has 1 aliphatic heterocycles. The molecule has 0 saturated carbocycles. The van der Waals surface area contributed by atoms with E-state index in [0.29, 0.717) is 19.8 Å². The Kier molecular flexibility index (Phi) is 3.85. The van der Waals surface area contributed by atoms with Crippen molar-refractivity contribution < 1.29 is 14.4 Å². The number of carbonyl (C=O) groups excluding carboxylic acids is 1. The first-order chi connectivity index (χ1) is 7.86. The maximum absolute atomic E-state index is 11.5. The minimum Gasteiger partial charge on any atom is -0.381 e. The second kappa shape index (κ2) is 5.58. The van der Waals surface area contributed by atoms with Crippen molar-refractivity contribution in [1.82, 2.24) is 10.5 Å². The molecule has 86 valence electrons. The topological polar surface area (TPSA) is 60.5 Å². The molecule has 1 fully saturated rings. The van der Waals surface area contributed by atoms with Crippen LogP contribution in [0.4, 0.5) is 0 Å². The molecule has 0 bridgehead atoms. The van der Waals surface area contributed by atoms with E-state index in [9.17, 15) is 4.79 Å².